The second kappa shape index (κ2) is 4.97. The molecule has 1 aromatic heterocycles. The summed E-state index contributed by atoms with van der Waals surface area (Å²) in [6.07, 6.45) is 5.44. The largest absolute Gasteiger partial charge is 0.309 e. The van der Waals surface area contributed by atoms with Crippen LogP contribution in [0.15, 0.2) is 6.20 Å². The summed E-state index contributed by atoms with van der Waals surface area (Å²) < 4.78 is 1.75. The van der Waals surface area contributed by atoms with Crippen LogP contribution in [0.5, 0.6) is 0 Å². The Morgan fingerprint density at radius 2 is 2.15 bits per heavy atom. The van der Waals surface area contributed by atoms with Crippen molar-refractivity contribution >= 4 is 0 Å². The van der Waals surface area contributed by atoms with E-state index in [2.05, 4.69) is 29.3 Å². The highest BCUT2D eigenvalue weighted by Crippen LogP contribution is 2.00. The average Bonchev–Trinajstić information content (AvgIpc) is 2.45. The summed E-state index contributed by atoms with van der Waals surface area (Å²) in [6.45, 7) is 1.15. The molecule has 0 unspecified atom stereocenters. The van der Waals surface area contributed by atoms with Crippen molar-refractivity contribution in [2.24, 2.45) is 7.05 Å². The summed E-state index contributed by atoms with van der Waals surface area (Å²) >= 11 is 0. The number of aryl methyl sites for hydroxylation is 2. The van der Waals surface area contributed by atoms with E-state index < -0.39 is 0 Å². The fraction of sp³-hybridized carbons (Fsp3) is 0.778. The predicted octanol–water partition coefficient (Wildman–Crippen LogP) is 0.699. The van der Waals surface area contributed by atoms with E-state index >= 15 is 0 Å². The van der Waals surface area contributed by atoms with Gasteiger partial charge < -0.3 is 4.90 Å². The number of aromatic nitrogens is 3. The van der Waals surface area contributed by atoms with E-state index in [1.165, 1.54) is 12.8 Å². The molecular formula is C9H18N4. The third-order valence-electron chi connectivity index (χ3n) is 1.94. The van der Waals surface area contributed by atoms with Gasteiger partial charge in [-0.2, -0.15) is 0 Å². The van der Waals surface area contributed by atoms with Gasteiger partial charge in [0.05, 0.1) is 5.69 Å². The second-order valence-corrected chi connectivity index (χ2v) is 3.64. The highest BCUT2D eigenvalue weighted by Gasteiger charge is 1.97. The van der Waals surface area contributed by atoms with Crippen LogP contribution >= 0.6 is 0 Å². The van der Waals surface area contributed by atoms with Gasteiger partial charge in [0.25, 0.3) is 0 Å². The molecule has 0 aliphatic rings. The smallest absolute Gasteiger partial charge is 0.0827 e. The van der Waals surface area contributed by atoms with Crippen LogP contribution < -0.4 is 0 Å². The van der Waals surface area contributed by atoms with Crippen molar-refractivity contribution in [1.82, 2.24) is 19.9 Å². The van der Waals surface area contributed by atoms with Crippen LogP contribution in [0, 0.1) is 0 Å². The Morgan fingerprint density at radius 1 is 1.38 bits per heavy atom. The van der Waals surface area contributed by atoms with Crippen LogP contribution in [0.3, 0.4) is 0 Å². The van der Waals surface area contributed by atoms with Gasteiger partial charge in [-0.15, -0.1) is 5.10 Å². The van der Waals surface area contributed by atoms with Gasteiger partial charge in [-0.3, -0.25) is 4.68 Å². The molecule has 0 saturated heterocycles. The zero-order valence-electron chi connectivity index (χ0n) is 8.69. The molecule has 0 aliphatic heterocycles. The first kappa shape index (κ1) is 10.2. The molecule has 1 heterocycles. The maximum atomic E-state index is 4.03. The minimum Gasteiger partial charge on any atom is -0.309 e. The molecule has 0 N–H and O–H groups in total. The van der Waals surface area contributed by atoms with Crippen molar-refractivity contribution in [3.63, 3.8) is 0 Å². The highest BCUT2D eigenvalue weighted by atomic mass is 15.4. The lowest BCUT2D eigenvalue weighted by Crippen LogP contribution is -2.12. The monoisotopic (exact) mass is 182 g/mol. The highest BCUT2D eigenvalue weighted by molar-refractivity contribution is 4.91. The van der Waals surface area contributed by atoms with Crippen LogP contribution in [-0.2, 0) is 13.5 Å². The summed E-state index contributed by atoms with van der Waals surface area (Å²) in [7, 11) is 6.10. The zero-order valence-corrected chi connectivity index (χ0v) is 8.69. The molecule has 0 aliphatic carbocycles. The Kier molecular flexibility index (Phi) is 3.89. The Labute approximate surface area is 79.5 Å². The summed E-state index contributed by atoms with van der Waals surface area (Å²) in [5.74, 6) is 0. The average molecular weight is 182 g/mol. The van der Waals surface area contributed by atoms with Crippen LogP contribution in [0.25, 0.3) is 0 Å². The molecule has 13 heavy (non-hydrogen) atoms. The Hall–Kier alpha value is -0.900. The van der Waals surface area contributed by atoms with Gasteiger partial charge >= 0.3 is 0 Å². The van der Waals surface area contributed by atoms with Crippen molar-refractivity contribution in [2.75, 3.05) is 20.6 Å². The molecule has 1 rings (SSSR count). The first-order chi connectivity index (χ1) is 6.18. The molecule has 4 heteroatoms. The summed E-state index contributed by atoms with van der Waals surface area (Å²) in [4.78, 5) is 2.21. The summed E-state index contributed by atoms with van der Waals surface area (Å²) in [5, 5.41) is 7.92. The fourth-order valence-electron chi connectivity index (χ4n) is 1.24. The van der Waals surface area contributed by atoms with Gasteiger partial charge in [0.2, 0.25) is 0 Å². The number of hydrogen-bond acceptors (Lipinski definition) is 3. The standard InChI is InChI=1S/C9H18N4/c1-12(2)7-5-4-6-9-8-13(3)11-10-9/h8H,4-7H2,1-3H3. The lowest BCUT2D eigenvalue weighted by atomic mass is 10.2. The predicted molar refractivity (Wildman–Crippen MR) is 52.5 cm³/mol. The molecule has 0 saturated carbocycles. The quantitative estimate of drug-likeness (QED) is 0.629. The van der Waals surface area contributed by atoms with E-state index in [-0.39, 0.29) is 0 Å². The van der Waals surface area contributed by atoms with Gasteiger partial charge in [0.1, 0.15) is 0 Å². The van der Waals surface area contributed by atoms with E-state index in [1.54, 1.807) is 4.68 Å². The first-order valence-corrected chi connectivity index (χ1v) is 4.68. The zero-order chi connectivity index (χ0) is 9.68. The Balaban J connectivity index is 2.13. The van der Waals surface area contributed by atoms with Crippen LogP contribution in [0.4, 0.5) is 0 Å². The third kappa shape index (κ3) is 4.03. The van der Waals surface area contributed by atoms with Gasteiger partial charge in [0, 0.05) is 13.2 Å². The van der Waals surface area contributed by atoms with E-state index in [1.807, 2.05) is 13.2 Å². The Morgan fingerprint density at radius 3 is 2.69 bits per heavy atom. The molecule has 0 aromatic carbocycles. The molecule has 0 amide bonds. The van der Waals surface area contributed by atoms with Gasteiger partial charge in [-0.25, -0.2) is 0 Å². The molecule has 0 spiro atoms. The third-order valence-corrected chi connectivity index (χ3v) is 1.94. The maximum absolute atomic E-state index is 4.03. The van der Waals surface area contributed by atoms with E-state index in [0.29, 0.717) is 0 Å². The molecule has 74 valence electrons. The first-order valence-electron chi connectivity index (χ1n) is 4.68. The molecule has 1 aromatic rings. The lowest BCUT2D eigenvalue weighted by Gasteiger charge is -2.07. The van der Waals surface area contributed by atoms with E-state index in [4.69, 9.17) is 0 Å². The molecule has 0 bridgehead atoms. The number of rotatable bonds is 5. The summed E-state index contributed by atoms with van der Waals surface area (Å²) in [5.41, 5.74) is 1.10. The normalized spacial score (nSPS) is 11.1. The molecular weight excluding hydrogens is 164 g/mol. The van der Waals surface area contributed by atoms with Gasteiger partial charge in [-0.1, -0.05) is 5.21 Å². The maximum Gasteiger partial charge on any atom is 0.0827 e. The molecule has 0 atom stereocenters. The lowest BCUT2D eigenvalue weighted by molar-refractivity contribution is 0.394. The van der Waals surface area contributed by atoms with Crippen molar-refractivity contribution < 1.29 is 0 Å². The molecule has 0 radical (unpaired) electrons. The van der Waals surface area contributed by atoms with Crippen LogP contribution in [0.1, 0.15) is 18.5 Å². The fourth-order valence-corrected chi connectivity index (χ4v) is 1.24. The van der Waals surface area contributed by atoms with Crippen molar-refractivity contribution in [1.29, 1.82) is 0 Å². The Bertz CT molecular complexity index is 242. The number of nitrogens with zero attached hydrogens (tertiary/aromatic N) is 4. The molecule has 0 fully saturated rings. The number of unbranched alkanes of at least 4 members (excludes halogenated alkanes) is 1. The molecule has 4 nitrogen and oxygen atoms in total. The topological polar surface area (TPSA) is 34.0 Å². The second-order valence-electron chi connectivity index (χ2n) is 3.64. The van der Waals surface area contributed by atoms with Gasteiger partial charge in [-0.05, 0) is 39.9 Å². The van der Waals surface area contributed by atoms with Crippen LogP contribution in [0.2, 0.25) is 0 Å². The van der Waals surface area contributed by atoms with E-state index in [0.717, 1.165) is 18.7 Å². The minimum absolute atomic E-state index is 1.04. The van der Waals surface area contributed by atoms with E-state index in [9.17, 15) is 0 Å². The van der Waals surface area contributed by atoms with Crippen molar-refractivity contribution in [3.8, 4) is 0 Å². The van der Waals surface area contributed by atoms with Crippen molar-refractivity contribution in [3.05, 3.63) is 11.9 Å². The SMILES string of the molecule is CN(C)CCCCc1cn(C)nn1. The number of hydrogen-bond donors (Lipinski definition) is 0. The minimum atomic E-state index is 1.04. The van der Waals surface area contributed by atoms with Crippen LogP contribution in [-0.4, -0.2) is 40.5 Å². The van der Waals surface area contributed by atoms with Crippen molar-refractivity contribution in [2.45, 2.75) is 19.3 Å². The summed E-state index contributed by atoms with van der Waals surface area (Å²) in [6, 6.07) is 0. The van der Waals surface area contributed by atoms with Gasteiger partial charge in [0.15, 0.2) is 0 Å².